The summed E-state index contributed by atoms with van der Waals surface area (Å²) in [6.45, 7) is 7.96. The highest BCUT2D eigenvalue weighted by Gasteiger charge is 2.28. The van der Waals surface area contributed by atoms with Gasteiger partial charge in [-0.15, -0.1) is 0 Å². The summed E-state index contributed by atoms with van der Waals surface area (Å²) in [4.78, 5) is 15.6. The zero-order chi connectivity index (χ0) is 16.7. The molecule has 126 valence electrons. The van der Waals surface area contributed by atoms with Gasteiger partial charge in [0, 0.05) is 36.7 Å². The predicted molar refractivity (Wildman–Crippen MR) is 88.1 cm³/mol. The molecule has 24 heavy (non-hydrogen) atoms. The maximum Gasteiger partial charge on any atom is 0.254 e. The molecule has 0 bridgehead atoms. The number of anilines is 1. The van der Waals surface area contributed by atoms with Crippen molar-refractivity contribution >= 4 is 11.6 Å². The standard InChI is InChI=1S/C16H21N7O/c1-4-13-20-14(21-24-13)12-6-5-7-22(8-12)15-10(2)11(3)19-16-17-9-18-23(15)16/h9,12H,4-8H2,1-3H3/t12-/m0/s1. The Labute approximate surface area is 139 Å². The van der Waals surface area contributed by atoms with Crippen molar-refractivity contribution in [2.75, 3.05) is 18.0 Å². The third-order valence-corrected chi connectivity index (χ3v) is 4.75. The van der Waals surface area contributed by atoms with Gasteiger partial charge in [-0.05, 0) is 26.7 Å². The number of hydrogen-bond acceptors (Lipinski definition) is 7. The first-order chi connectivity index (χ1) is 11.7. The zero-order valence-electron chi connectivity index (χ0n) is 14.2. The van der Waals surface area contributed by atoms with Crippen molar-refractivity contribution in [1.82, 2.24) is 29.7 Å². The van der Waals surface area contributed by atoms with Gasteiger partial charge in [0.15, 0.2) is 5.82 Å². The molecule has 0 N–H and O–H groups in total. The fourth-order valence-electron chi connectivity index (χ4n) is 3.34. The average molecular weight is 327 g/mol. The molecular formula is C16H21N7O. The lowest BCUT2D eigenvalue weighted by Crippen LogP contribution is -2.36. The molecule has 8 nitrogen and oxygen atoms in total. The van der Waals surface area contributed by atoms with Crippen LogP contribution < -0.4 is 4.90 Å². The summed E-state index contributed by atoms with van der Waals surface area (Å²) in [7, 11) is 0. The van der Waals surface area contributed by atoms with E-state index >= 15 is 0 Å². The first-order valence-electron chi connectivity index (χ1n) is 8.41. The highest BCUT2D eigenvalue weighted by Crippen LogP contribution is 2.31. The molecule has 1 atom stereocenters. The number of rotatable bonds is 3. The molecule has 3 aromatic heterocycles. The van der Waals surface area contributed by atoms with Crippen LogP contribution in [0.4, 0.5) is 5.82 Å². The van der Waals surface area contributed by atoms with E-state index in [0.717, 1.165) is 55.3 Å². The van der Waals surface area contributed by atoms with Gasteiger partial charge in [0.05, 0.1) is 0 Å². The van der Waals surface area contributed by atoms with E-state index in [0.29, 0.717) is 11.7 Å². The average Bonchev–Trinajstić information content (AvgIpc) is 3.25. The van der Waals surface area contributed by atoms with Crippen LogP contribution in [0.15, 0.2) is 10.9 Å². The molecule has 0 spiro atoms. The lowest BCUT2D eigenvalue weighted by molar-refractivity contribution is 0.367. The number of hydrogen-bond donors (Lipinski definition) is 0. The van der Waals surface area contributed by atoms with Gasteiger partial charge in [0.2, 0.25) is 5.89 Å². The topological polar surface area (TPSA) is 85.2 Å². The minimum absolute atomic E-state index is 0.272. The number of aromatic nitrogens is 6. The SMILES string of the molecule is CCc1nc([C@H]2CCCN(c3c(C)c(C)nc4ncnn34)C2)no1. The summed E-state index contributed by atoms with van der Waals surface area (Å²) >= 11 is 0. The Kier molecular flexibility index (Phi) is 3.66. The van der Waals surface area contributed by atoms with Crippen LogP contribution in [-0.4, -0.2) is 42.8 Å². The van der Waals surface area contributed by atoms with E-state index < -0.39 is 0 Å². The summed E-state index contributed by atoms with van der Waals surface area (Å²) in [5.74, 6) is 3.50. The van der Waals surface area contributed by atoms with Gasteiger partial charge in [0.1, 0.15) is 12.1 Å². The van der Waals surface area contributed by atoms with Gasteiger partial charge in [-0.2, -0.15) is 19.6 Å². The van der Waals surface area contributed by atoms with Crippen molar-refractivity contribution in [1.29, 1.82) is 0 Å². The minimum Gasteiger partial charge on any atom is -0.355 e. The third kappa shape index (κ3) is 2.42. The van der Waals surface area contributed by atoms with Crippen LogP contribution in [0.3, 0.4) is 0 Å². The zero-order valence-corrected chi connectivity index (χ0v) is 14.2. The van der Waals surface area contributed by atoms with Crippen LogP contribution in [0.25, 0.3) is 5.78 Å². The smallest absolute Gasteiger partial charge is 0.254 e. The van der Waals surface area contributed by atoms with E-state index in [-0.39, 0.29) is 5.92 Å². The third-order valence-electron chi connectivity index (χ3n) is 4.75. The number of fused-ring (bicyclic) bond motifs is 1. The van der Waals surface area contributed by atoms with Gasteiger partial charge in [-0.25, -0.2) is 4.98 Å². The molecule has 1 fully saturated rings. The molecule has 1 aliphatic rings. The van der Waals surface area contributed by atoms with Crippen LogP contribution in [0.1, 0.15) is 48.7 Å². The highest BCUT2D eigenvalue weighted by molar-refractivity contribution is 5.54. The van der Waals surface area contributed by atoms with E-state index in [1.165, 1.54) is 0 Å². The monoisotopic (exact) mass is 327 g/mol. The number of nitrogens with zero attached hydrogens (tertiary/aromatic N) is 7. The van der Waals surface area contributed by atoms with Gasteiger partial charge in [-0.3, -0.25) is 0 Å². The Morgan fingerprint density at radius 3 is 2.96 bits per heavy atom. The molecule has 0 aromatic carbocycles. The van der Waals surface area contributed by atoms with E-state index in [1.54, 1.807) is 6.33 Å². The van der Waals surface area contributed by atoms with Crippen molar-refractivity contribution in [3.8, 4) is 0 Å². The van der Waals surface area contributed by atoms with Crippen LogP contribution in [-0.2, 0) is 6.42 Å². The summed E-state index contributed by atoms with van der Waals surface area (Å²) in [5.41, 5.74) is 2.12. The summed E-state index contributed by atoms with van der Waals surface area (Å²) in [6, 6.07) is 0. The molecule has 3 aromatic rings. The fraction of sp³-hybridized carbons (Fsp3) is 0.562. The van der Waals surface area contributed by atoms with Crippen molar-refractivity contribution < 1.29 is 4.52 Å². The summed E-state index contributed by atoms with van der Waals surface area (Å²) in [6.07, 6.45) is 4.48. The molecule has 0 amide bonds. The quantitative estimate of drug-likeness (QED) is 0.728. The van der Waals surface area contributed by atoms with Crippen molar-refractivity contribution in [2.45, 2.75) is 46.0 Å². The predicted octanol–water partition coefficient (Wildman–Crippen LogP) is 2.07. The number of piperidine rings is 1. The first kappa shape index (κ1) is 15.0. The lowest BCUT2D eigenvalue weighted by Gasteiger charge is -2.34. The van der Waals surface area contributed by atoms with Gasteiger partial charge >= 0.3 is 0 Å². The summed E-state index contributed by atoms with van der Waals surface area (Å²) in [5, 5.41) is 8.53. The molecular weight excluding hydrogens is 306 g/mol. The molecule has 0 unspecified atom stereocenters. The lowest BCUT2D eigenvalue weighted by atomic mass is 9.97. The summed E-state index contributed by atoms with van der Waals surface area (Å²) < 4.78 is 7.12. The first-order valence-corrected chi connectivity index (χ1v) is 8.41. The fourth-order valence-corrected chi connectivity index (χ4v) is 3.34. The molecule has 8 heteroatoms. The van der Waals surface area contributed by atoms with Crippen LogP contribution in [0, 0.1) is 13.8 Å². The Balaban J connectivity index is 1.69. The molecule has 4 rings (SSSR count). The van der Waals surface area contributed by atoms with E-state index in [4.69, 9.17) is 4.52 Å². The minimum atomic E-state index is 0.272. The van der Waals surface area contributed by atoms with Crippen molar-refractivity contribution in [3.05, 3.63) is 29.3 Å². The Morgan fingerprint density at radius 2 is 2.17 bits per heavy atom. The van der Waals surface area contributed by atoms with Crippen molar-refractivity contribution in [2.24, 2.45) is 0 Å². The van der Waals surface area contributed by atoms with Crippen LogP contribution in [0.5, 0.6) is 0 Å². The maximum absolute atomic E-state index is 5.29. The Bertz CT molecular complexity index is 869. The molecule has 1 saturated heterocycles. The van der Waals surface area contributed by atoms with E-state index in [9.17, 15) is 0 Å². The second-order valence-corrected chi connectivity index (χ2v) is 6.30. The van der Waals surface area contributed by atoms with Crippen LogP contribution in [0.2, 0.25) is 0 Å². The Hall–Kier alpha value is -2.51. The number of aryl methyl sites for hydroxylation is 2. The molecule has 0 radical (unpaired) electrons. The van der Waals surface area contributed by atoms with Gasteiger partial charge in [0.25, 0.3) is 5.78 Å². The Morgan fingerprint density at radius 1 is 1.29 bits per heavy atom. The van der Waals surface area contributed by atoms with E-state index in [1.807, 2.05) is 18.4 Å². The largest absolute Gasteiger partial charge is 0.355 e. The maximum atomic E-state index is 5.29. The van der Waals surface area contributed by atoms with Gasteiger partial charge < -0.3 is 9.42 Å². The van der Waals surface area contributed by atoms with Gasteiger partial charge in [-0.1, -0.05) is 12.1 Å². The van der Waals surface area contributed by atoms with E-state index in [2.05, 4.69) is 37.0 Å². The normalized spacial score (nSPS) is 18.5. The van der Waals surface area contributed by atoms with Crippen LogP contribution >= 0.6 is 0 Å². The molecule has 0 saturated carbocycles. The molecule has 1 aliphatic heterocycles. The second-order valence-electron chi connectivity index (χ2n) is 6.30. The molecule has 0 aliphatic carbocycles. The highest BCUT2D eigenvalue weighted by atomic mass is 16.5. The molecule has 4 heterocycles. The van der Waals surface area contributed by atoms with Crippen molar-refractivity contribution in [3.63, 3.8) is 0 Å². The second kappa shape index (κ2) is 5.85.